The molecule has 1 fully saturated rings. The molecule has 35 heavy (non-hydrogen) atoms. The Hall–Kier alpha value is -3.70. The zero-order valence-electron chi connectivity index (χ0n) is 19.4. The van der Waals surface area contributed by atoms with Crippen LogP contribution in [-0.4, -0.2) is 42.9 Å². The first kappa shape index (κ1) is 24.4. The quantitative estimate of drug-likeness (QED) is 0.472. The lowest BCUT2D eigenvalue weighted by atomic mass is 9.98. The van der Waals surface area contributed by atoms with Crippen LogP contribution in [0.15, 0.2) is 64.0 Å². The molecule has 2 aromatic carbocycles. The Morgan fingerprint density at radius 1 is 0.971 bits per heavy atom. The molecule has 184 valence electrons. The second-order valence-corrected chi connectivity index (χ2v) is 10.2. The fraction of sp³-hybridized carbons (Fsp3) is 0.292. The molecule has 0 aliphatic carbocycles. The number of aryl methyl sites for hydroxylation is 2. The standard InChI is InChI=1S/C24H27N5O5S/c1-16-22(17(2)34-28-16)35(32,33)29-13-7-8-18(15-29)23(30)25-20-11-6-12-21(14-20)27-24(31)26-19-9-4-3-5-10-19/h3-6,9-12,14,18H,7-8,13,15H2,1-2H3,(H,25,30)(H2,26,27,31). The summed E-state index contributed by atoms with van der Waals surface area (Å²) in [6.45, 7) is 3.53. The fourth-order valence-corrected chi connectivity index (χ4v) is 5.90. The number of carbonyl (C=O) groups is 2. The zero-order chi connectivity index (χ0) is 25.0. The van der Waals surface area contributed by atoms with Crippen molar-refractivity contribution < 1.29 is 22.5 Å². The molecule has 10 nitrogen and oxygen atoms in total. The van der Waals surface area contributed by atoms with Gasteiger partial charge >= 0.3 is 6.03 Å². The number of rotatable bonds is 6. The number of nitrogens with one attached hydrogen (secondary N) is 3. The molecule has 1 atom stereocenters. The Kier molecular flexibility index (Phi) is 7.17. The van der Waals surface area contributed by atoms with Crippen molar-refractivity contribution in [1.29, 1.82) is 0 Å². The molecule has 2 heterocycles. The van der Waals surface area contributed by atoms with Gasteiger partial charge in [-0.1, -0.05) is 29.4 Å². The van der Waals surface area contributed by atoms with Gasteiger partial charge in [0.15, 0.2) is 5.76 Å². The van der Waals surface area contributed by atoms with Gasteiger partial charge in [0, 0.05) is 30.2 Å². The first-order valence-electron chi connectivity index (χ1n) is 11.2. The molecule has 3 N–H and O–H groups in total. The third-order valence-electron chi connectivity index (χ3n) is 5.74. The second-order valence-electron chi connectivity index (χ2n) is 8.37. The lowest BCUT2D eigenvalue weighted by Crippen LogP contribution is -2.43. The van der Waals surface area contributed by atoms with E-state index >= 15 is 0 Å². The fourth-order valence-electron chi connectivity index (χ4n) is 4.08. The number of aromatic nitrogens is 1. The molecule has 3 aromatic rings. The van der Waals surface area contributed by atoms with Crippen LogP contribution < -0.4 is 16.0 Å². The Balaban J connectivity index is 1.39. The van der Waals surface area contributed by atoms with Crippen molar-refractivity contribution in [2.45, 2.75) is 31.6 Å². The van der Waals surface area contributed by atoms with E-state index in [2.05, 4.69) is 21.1 Å². The van der Waals surface area contributed by atoms with Gasteiger partial charge in [0.05, 0.1) is 5.92 Å². The van der Waals surface area contributed by atoms with Crippen LogP contribution in [0.1, 0.15) is 24.3 Å². The molecule has 1 aromatic heterocycles. The molecule has 4 rings (SSSR count). The van der Waals surface area contributed by atoms with E-state index in [0.29, 0.717) is 42.1 Å². The van der Waals surface area contributed by atoms with Gasteiger partial charge in [-0.25, -0.2) is 13.2 Å². The smallest absolute Gasteiger partial charge is 0.323 e. The molecule has 0 radical (unpaired) electrons. The van der Waals surface area contributed by atoms with Crippen molar-refractivity contribution in [2.75, 3.05) is 29.0 Å². The Bertz CT molecular complexity index is 1300. The van der Waals surface area contributed by atoms with E-state index < -0.39 is 22.0 Å². The maximum absolute atomic E-state index is 13.1. The molecule has 1 unspecified atom stereocenters. The molecular weight excluding hydrogens is 470 g/mol. The summed E-state index contributed by atoms with van der Waals surface area (Å²) in [5, 5.41) is 12.0. The van der Waals surface area contributed by atoms with Gasteiger partial charge in [0.1, 0.15) is 10.6 Å². The highest BCUT2D eigenvalue weighted by atomic mass is 32.2. The number of nitrogens with zero attached hydrogens (tertiary/aromatic N) is 2. The van der Waals surface area contributed by atoms with Crippen molar-refractivity contribution in [1.82, 2.24) is 9.46 Å². The number of hydrogen-bond donors (Lipinski definition) is 3. The minimum absolute atomic E-state index is 0.0612. The molecular formula is C24H27N5O5S. The van der Waals surface area contributed by atoms with E-state index in [0.717, 1.165) is 0 Å². The number of piperidine rings is 1. The molecule has 1 saturated heterocycles. The average Bonchev–Trinajstić information content (AvgIpc) is 3.18. The van der Waals surface area contributed by atoms with Gasteiger partial charge in [0.25, 0.3) is 0 Å². The van der Waals surface area contributed by atoms with E-state index in [1.807, 2.05) is 18.2 Å². The third-order valence-corrected chi connectivity index (χ3v) is 7.85. The van der Waals surface area contributed by atoms with Gasteiger partial charge in [-0.3, -0.25) is 4.79 Å². The van der Waals surface area contributed by atoms with Gasteiger partial charge in [-0.15, -0.1) is 0 Å². The number of amides is 3. The summed E-state index contributed by atoms with van der Waals surface area (Å²) in [6, 6.07) is 15.4. The van der Waals surface area contributed by atoms with Crippen LogP contribution in [0.3, 0.4) is 0 Å². The highest BCUT2D eigenvalue weighted by molar-refractivity contribution is 7.89. The van der Waals surface area contributed by atoms with E-state index in [9.17, 15) is 18.0 Å². The Morgan fingerprint density at radius 2 is 1.63 bits per heavy atom. The summed E-state index contributed by atoms with van der Waals surface area (Å²) in [4.78, 5) is 25.3. The summed E-state index contributed by atoms with van der Waals surface area (Å²) in [6.07, 6.45) is 1.12. The van der Waals surface area contributed by atoms with Crippen LogP contribution in [0.25, 0.3) is 0 Å². The number of benzene rings is 2. The van der Waals surface area contributed by atoms with Gasteiger partial charge in [-0.2, -0.15) is 4.31 Å². The summed E-state index contributed by atoms with van der Waals surface area (Å²) < 4.78 is 32.6. The summed E-state index contributed by atoms with van der Waals surface area (Å²) in [5.74, 6) is -0.568. The maximum atomic E-state index is 13.1. The minimum Gasteiger partial charge on any atom is -0.360 e. The normalized spacial score (nSPS) is 16.5. The molecule has 0 spiro atoms. The lowest BCUT2D eigenvalue weighted by molar-refractivity contribution is -0.120. The predicted octanol–water partition coefficient (Wildman–Crippen LogP) is 3.97. The van der Waals surface area contributed by atoms with Gasteiger partial charge in [-0.05, 0) is 57.0 Å². The van der Waals surface area contributed by atoms with Crippen LogP contribution in [0.4, 0.5) is 21.9 Å². The molecule has 11 heteroatoms. The number of para-hydroxylation sites is 1. The first-order valence-corrected chi connectivity index (χ1v) is 12.6. The highest BCUT2D eigenvalue weighted by Crippen LogP contribution is 2.28. The molecule has 1 aliphatic heterocycles. The van der Waals surface area contributed by atoms with Crippen LogP contribution in [0.5, 0.6) is 0 Å². The largest absolute Gasteiger partial charge is 0.360 e. The minimum atomic E-state index is -3.82. The van der Waals surface area contributed by atoms with Gasteiger partial charge < -0.3 is 20.5 Å². The number of carbonyl (C=O) groups excluding carboxylic acids is 2. The predicted molar refractivity (Wildman–Crippen MR) is 132 cm³/mol. The zero-order valence-corrected chi connectivity index (χ0v) is 20.3. The van der Waals surface area contributed by atoms with Crippen molar-refractivity contribution >= 4 is 39.0 Å². The summed E-state index contributed by atoms with van der Waals surface area (Å²) >= 11 is 0. The number of anilines is 3. The summed E-state index contributed by atoms with van der Waals surface area (Å²) in [7, 11) is -3.82. The Labute approximate surface area is 203 Å². The molecule has 0 saturated carbocycles. The number of urea groups is 1. The van der Waals surface area contributed by atoms with E-state index in [1.165, 1.54) is 4.31 Å². The van der Waals surface area contributed by atoms with E-state index in [1.54, 1.807) is 50.2 Å². The van der Waals surface area contributed by atoms with Crippen molar-refractivity contribution in [3.63, 3.8) is 0 Å². The van der Waals surface area contributed by atoms with E-state index in [4.69, 9.17) is 4.52 Å². The molecule has 0 bridgehead atoms. The first-order chi connectivity index (χ1) is 16.7. The van der Waals surface area contributed by atoms with Crippen LogP contribution >= 0.6 is 0 Å². The van der Waals surface area contributed by atoms with E-state index in [-0.39, 0.29) is 23.1 Å². The number of sulfonamides is 1. The average molecular weight is 498 g/mol. The second kappa shape index (κ2) is 10.3. The van der Waals surface area contributed by atoms with Crippen molar-refractivity contribution in [2.24, 2.45) is 5.92 Å². The molecule has 3 amide bonds. The molecule has 1 aliphatic rings. The monoisotopic (exact) mass is 497 g/mol. The van der Waals surface area contributed by atoms with Crippen molar-refractivity contribution in [3.8, 4) is 0 Å². The third kappa shape index (κ3) is 5.69. The number of hydrogen-bond acceptors (Lipinski definition) is 6. The van der Waals surface area contributed by atoms with Crippen LogP contribution in [-0.2, 0) is 14.8 Å². The summed E-state index contributed by atoms with van der Waals surface area (Å²) in [5.41, 5.74) is 1.96. The SMILES string of the molecule is Cc1noc(C)c1S(=O)(=O)N1CCCC(C(=O)Nc2cccc(NC(=O)Nc3ccccc3)c2)C1. The van der Waals surface area contributed by atoms with Crippen LogP contribution in [0.2, 0.25) is 0 Å². The maximum Gasteiger partial charge on any atom is 0.323 e. The van der Waals surface area contributed by atoms with Crippen molar-refractivity contribution in [3.05, 3.63) is 66.1 Å². The Morgan fingerprint density at radius 3 is 2.31 bits per heavy atom. The van der Waals surface area contributed by atoms with Gasteiger partial charge in [0.2, 0.25) is 15.9 Å². The lowest BCUT2D eigenvalue weighted by Gasteiger charge is -2.31. The highest BCUT2D eigenvalue weighted by Gasteiger charge is 2.36. The topological polar surface area (TPSA) is 134 Å². The van der Waals surface area contributed by atoms with Crippen LogP contribution in [0, 0.1) is 19.8 Å².